The Hall–Kier alpha value is -1.33. The molecule has 2 aromatic rings. The second-order valence-corrected chi connectivity index (χ2v) is 5.49. The summed E-state index contributed by atoms with van der Waals surface area (Å²) in [6.07, 6.45) is 2.58. The minimum atomic E-state index is 0.0646. The molecule has 0 radical (unpaired) electrons. The highest BCUT2D eigenvalue weighted by Gasteiger charge is 2.11. The lowest BCUT2D eigenvalue weighted by molar-refractivity contribution is 0.421. The molecule has 0 bridgehead atoms. The summed E-state index contributed by atoms with van der Waals surface area (Å²) >= 11 is 12.3. The van der Waals surface area contributed by atoms with Crippen molar-refractivity contribution >= 4 is 28.9 Å². The standard InChI is InChI=1S/C15H18Cl2N4/c1-2-14(15-8-10(18)6-7-19-15)21-20-9-11-12(16)4-3-5-13(11)17/h3-8,14,20-21H,2,9H2,1H3,(H2,18,19). The lowest BCUT2D eigenvalue weighted by atomic mass is 10.1. The summed E-state index contributed by atoms with van der Waals surface area (Å²) in [7, 11) is 0. The fourth-order valence-electron chi connectivity index (χ4n) is 2.01. The van der Waals surface area contributed by atoms with Crippen LogP contribution in [0, 0.1) is 0 Å². The number of nitrogens with two attached hydrogens (primary N) is 1. The van der Waals surface area contributed by atoms with E-state index in [4.69, 9.17) is 28.9 Å². The van der Waals surface area contributed by atoms with Crippen LogP contribution in [0.4, 0.5) is 5.69 Å². The maximum absolute atomic E-state index is 6.14. The number of halogens is 2. The van der Waals surface area contributed by atoms with Gasteiger partial charge in [0.05, 0.1) is 11.7 Å². The van der Waals surface area contributed by atoms with Crippen LogP contribution in [0.1, 0.15) is 30.6 Å². The van der Waals surface area contributed by atoms with Gasteiger partial charge in [-0.15, -0.1) is 0 Å². The van der Waals surface area contributed by atoms with Crippen LogP contribution in [0.25, 0.3) is 0 Å². The molecular formula is C15H18Cl2N4. The molecule has 0 spiro atoms. The predicted octanol–water partition coefficient (Wildman–Crippen LogP) is 3.72. The van der Waals surface area contributed by atoms with Crippen LogP contribution in [-0.2, 0) is 6.54 Å². The quantitative estimate of drug-likeness (QED) is 0.709. The molecule has 1 unspecified atom stereocenters. The van der Waals surface area contributed by atoms with Crippen molar-refractivity contribution in [2.45, 2.75) is 25.9 Å². The second kappa shape index (κ2) is 7.61. The molecule has 0 saturated carbocycles. The minimum Gasteiger partial charge on any atom is -0.399 e. The number of hydrogen-bond donors (Lipinski definition) is 3. The first-order valence-electron chi connectivity index (χ1n) is 6.74. The van der Waals surface area contributed by atoms with E-state index in [2.05, 4.69) is 22.8 Å². The van der Waals surface area contributed by atoms with Crippen LogP contribution in [0.2, 0.25) is 10.0 Å². The topological polar surface area (TPSA) is 63.0 Å². The summed E-state index contributed by atoms with van der Waals surface area (Å²) in [5.74, 6) is 0. The van der Waals surface area contributed by atoms with Gasteiger partial charge in [-0.3, -0.25) is 10.4 Å². The van der Waals surface area contributed by atoms with Crippen LogP contribution in [0.15, 0.2) is 36.5 Å². The molecule has 0 aliphatic carbocycles. The summed E-state index contributed by atoms with van der Waals surface area (Å²) in [6.45, 7) is 2.60. The van der Waals surface area contributed by atoms with Crippen molar-refractivity contribution in [2.75, 3.05) is 5.73 Å². The average Bonchev–Trinajstić information content (AvgIpc) is 2.46. The monoisotopic (exact) mass is 324 g/mol. The Kier molecular flexibility index (Phi) is 5.82. The summed E-state index contributed by atoms with van der Waals surface area (Å²) in [5.41, 5.74) is 14.6. The van der Waals surface area contributed by atoms with E-state index in [-0.39, 0.29) is 6.04 Å². The highest BCUT2D eigenvalue weighted by atomic mass is 35.5. The molecule has 4 N–H and O–H groups in total. The van der Waals surface area contributed by atoms with Crippen molar-refractivity contribution < 1.29 is 0 Å². The van der Waals surface area contributed by atoms with E-state index in [0.717, 1.165) is 17.7 Å². The van der Waals surface area contributed by atoms with Gasteiger partial charge in [-0.05, 0) is 30.7 Å². The summed E-state index contributed by atoms with van der Waals surface area (Å²) in [4.78, 5) is 4.34. The number of nitrogens with one attached hydrogen (secondary N) is 2. The van der Waals surface area contributed by atoms with Gasteiger partial charge in [0.1, 0.15) is 0 Å². The van der Waals surface area contributed by atoms with E-state index >= 15 is 0 Å². The predicted molar refractivity (Wildman–Crippen MR) is 88.1 cm³/mol. The van der Waals surface area contributed by atoms with Crippen LogP contribution in [0.5, 0.6) is 0 Å². The molecule has 1 atom stereocenters. The highest BCUT2D eigenvalue weighted by Crippen LogP contribution is 2.24. The maximum Gasteiger partial charge on any atom is 0.0632 e. The maximum atomic E-state index is 6.14. The lowest BCUT2D eigenvalue weighted by Crippen LogP contribution is -2.35. The first kappa shape index (κ1) is 16.0. The van der Waals surface area contributed by atoms with E-state index in [1.54, 1.807) is 12.3 Å². The normalized spacial score (nSPS) is 12.3. The number of hydrazine groups is 1. The average molecular weight is 325 g/mol. The number of benzene rings is 1. The van der Waals surface area contributed by atoms with E-state index in [9.17, 15) is 0 Å². The fraction of sp³-hybridized carbons (Fsp3) is 0.267. The molecule has 4 nitrogen and oxygen atoms in total. The lowest BCUT2D eigenvalue weighted by Gasteiger charge is -2.18. The molecular weight excluding hydrogens is 307 g/mol. The third-order valence-electron chi connectivity index (χ3n) is 3.17. The van der Waals surface area contributed by atoms with Crippen LogP contribution in [-0.4, -0.2) is 4.98 Å². The van der Waals surface area contributed by atoms with E-state index < -0.39 is 0 Å². The van der Waals surface area contributed by atoms with Crippen LogP contribution in [0.3, 0.4) is 0 Å². The number of rotatable bonds is 6. The van der Waals surface area contributed by atoms with E-state index in [0.29, 0.717) is 22.3 Å². The third kappa shape index (κ3) is 4.32. The SMILES string of the molecule is CCC(NNCc1c(Cl)cccc1Cl)c1cc(N)ccn1. The Morgan fingerprint density at radius 1 is 1.24 bits per heavy atom. The summed E-state index contributed by atoms with van der Waals surface area (Å²) in [5, 5.41) is 1.29. The largest absolute Gasteiger partial charge is 0.399 e. The van der Waals surface area contributed by atoms with Gasteiger partial charge >= 0.3 is 0 Å². The van der Waals surface area contributed by atoms with Gasteiger partial charge in [0.25, 0.3) is 0 Å². The molecule has 112 valence electrons. The van der Waals surface area contributed by atoms with Crippen molar-refractivity contribution in [2.24, 2.45) is 0 Å². The first-order chi connectivity index (χ1) is 10.1. The zero-order valence-corrected chi connectivity index (χ0v) is 13.2. The molecule has 0 fully saturated rings. The Balaban J connectivity index is 1.98. The number of aromatic nitrogens is 1. The summed E-state index contributed by atoms with van der Waals surface area (Å²) in [6, 6.07) is 9.17. The summed E-state index contributed by atoms with van der Waals surface area (Å²) < 4.78 is 0. The Morgan fingerprint density at radius 2 is 1.95 bits per heavy atom. The van der Waals surface area contributed by atoms with Crippen molar-refractivity contribution in [1.29, 1.82) is 0 Å². The fourth-order valence-corrected chi connectivity index (χ4v) is 2.54. The van der Waals surface area contributed by atoms with Gasteiger partial charge in [0, 0.05) is 34.0 Å². The van der Waals surface area contributed by atoms with Crippen LogP contribution >= 0.6 is 23.2 Å². The van der Waals surface area contributed by atoms with Gasteiger partial charge in [-0.2, -0.15) is 0 Å². The number of nitrogens with zero attached hydrogens (tertiary/aromatic N) is 1. The van der Waals surface area contributed by atoms with Crippen LogP contribution < -0.4 is 16.6 Å². The number of anilines is 1. The molecule has 0 saturated heterocycles. The molecule has 6 heteroatoms. The van der Waals surface area contributed by atoms with E-state index in [1.165, 1.54) is 0 Å². The first-order valence-corrected chi connectivity index (χ1v) is 7.50. The van der Waals surface area contributed by atoms with Crippen molar-refractivity contribution in [1.82, 2.24) is 15.8 Å². The van der Waals surface area contributed by atoms with Gasteiger partial charge in [0.15, 0.2) is 0 Å². The molecule has 21 heavy (non-hydrogen) atoms. The number of hydrogen-bond acceptors (Lipinski definition) is 4. The van der Waals surface area contributed by atoms with Crippen molar-refractivity contribution in [3.05, 3.63) is 57.8 Å². The number of pyridine rings is 1. The molecule has 2 rings (SSSR count). The van der Waals surface area contributed by atoms with Crippen molar-refractivity contribution in [3.63, 3.8) is 0 Å². The highest BCUT2D eigenvalue weighted by molar-refractivity contribution is 6.35. The van der Waals surface area contributed by atoms with Gasteiger partial charge in [-0.25, -0.2) is 5.43 Å². The minimum absolute atomic E-state index is 0.0646. The Morgan fingerprint density at radius 3 is 2.57 bits per heavy atom. The number of nitrogen functional groups attached to an aromatic ring is 1. The Bertz CT molecular complexity index is 584. The smallest absolute Gasteiger partial charge is 0.0632 e. The molecule has 1 aromatic heterocycles. The molecule has 0 aliphatic heterocycles. The molecule has 1 heterocycles. The second-order valence-electron chi connectivity index (χ2n) is 4.67. The van der Waals surface area contributed by atoms with Gasteiger partial charge < -0.3 is 5.73 Å². The molecule has 0 amide bonds. The zero-order chi connectivity index (χ0) is 15.2. The third-order valence-corrected chi connectivity index (χ3v) is 3.88. The van der Waals surface area contributed by atoms with Crippen molar-refractivity contribution in [3.8, 4) is 0 Å². The van der Waals surface area contributed by atoms with Gasteiger partial charge in [0.2, 0.25) is 0 Å². The van der Waals surface area contributed by atoms with E-state index in [1.807, 2.05) is 24.3 Å². The zero-order valence-electron chi connectivity index (χ0n) is 11.7. The molecule has 1 aromatic carbocycles. The molecule has 0 aliphatic rings. The van der Waals surface area contributed by atoms with Gasteiger partial charge in [-0.1, -0.05) is 36.2 Å². The Labute approximate surface area is 134 Å².